The van der Waals surface area contributed by atoms with Gasteiger partial charge in [-0.2, -0.15) is 0 Å². The third-order valence-electron chi connectivity index (χ3n) is 3.85. The molecule has 0 bridgehead atoms. The van der Waals surface area contributed by atoms with Gasteiger partial charge in [0.1, 0.15) is 5.82 Å². The Hall–Kier alpha value is -3.02. The highest BCUT2D eigenvalue weighted by Crippen LogP contribution is 2.20. The van der Waals surface area contributed by atoms with E-state index in [-0.39, 0.29) is 11.5 Å². The maximum atomic E-state index is 12.8. The van der Waals surface area contributed by atoms with Crippen LogP contribution < -0.4 is 10.9 Å². The summed E-state index contributed by atoms with van der Waals surface area (Å²) in [5.74, 6) is 0.449. The summed E-state index contributed by atoms with van der Waals surface area (Å²) in [6, 6.07) is 10.6. The molecule has 6 nitrogen and oxygen atoms in total. The lowest BCUT2D eigenvalue weighted by molar-refractivity contribution is -0.123. The summed E-state index contributed by atoms with van der Waals surface area (Å²) in [7, 11) is 0. The first-order chi connectivity index (χ1) is 11.8. The van der Waals surface area contributed by atoms with Gasteiger partial charge in [-0.25, -0.2) is 9.97 Å². The first-order valence-electron chi connectivity index (χ1n) is 8.03. The molecule has 0 unspecified atom stereocenters. The Balaban J connectivity index is 2.09. The molecule has 3 rings (SSSR count). The number of aromatic nitrogens is 3. The zero-order valence-corrected chi connectivity index (χ0v) is 14.7. The van der Waals surface area contributed by atoms with Crippen molar-refractivity contribution >= 4 is 22.6 Å². The van der Waals surface area contributed by atoms with Crippen molar-refractivity contribution in [2.75, 3.05) is 5.32 Å². The Bertz CT molecular complexity index is 1020. The van der Waals surface area contributed by atoms with Crippen LogP contribution in [-0.2, 0) is 4.79 Å². The Morgan fingerprint density at radius 1 is 1.16 bits per heavy atom. The topological polar surface area (TPSA) is 76.9 Å². The molecule has 2 aromatic heterocycles. The smallest absolute Gasteiger partial charge is 0.267 e. The number of hydrogen-bond donors (Lipinski definition) is 1. The van der Waals surface area contributed by atoms with Gasteiger partial charge in [-0.3, -0.25) is 14.2 Å². The van der Waals surface area contributed by atoms with Gasteiger partial charge in [-0.1, -0.05) is 26.8 Å². The van der Waals surface area contributed by atoms with Crippen molar-refractivity contribution in [3.8, 4) is 5.69 Å². The molecule has 1 aromatic carbocycles. The van der Waals surface area contributed by atoms with Gasteiger partial charge in [0, 0.05) is 17.3 Å². The van der Waals surface area contributed by atoms with E-state index in [2.05, 4.69) is 15.3 Å². The van der Waals surface area contributed by atoms with E-state index in [1.807, 2.05) is 26.8 Å². The highest BCUT2D eigenvalue weighted by atomic mass is 16.2. The Kier molecular flexibility index (Phi) is 4.12. The average Bonchev–Trinajstić information content (AvgIpc) is 2.54. The Morgan fingerprint density at radius 3 is 2.64 bits per heavy atom. The normalized spacial score (nSPS) is 11.5. The zero-order valence-electron chi connectivity index (χ0n) is 14.7. The average molecular weight is 336 g/mol. The molecular weight excluding hydrogens is 316 g/mol. The minimum Gasteiger partial charge on any atom is -0.326 e. The zero-order chi connectivity index (χ0) is 18.2. The monoisotopic (exact) mass is 336 g/mol. The molecule has 25 heavy (non-hydrogen) atoms. The van der Waals surface area contributed by atoms with E-state index >= 15 is 0 Å². The van der Waals surface area contributed by atoms with Crippen LogP contribution in [0.15, 0.2) is 47.4 Å². The SMILES string of the molecule is Cc1nc2ncccc2c(=O)n1-c1cccc(NC(=O)C(C)(C)C)c1. The lowest BCUT2D eigenvalue weighted by atomic mass is 9.95. The maximum absolute atomic E-state index is 12.8. The van der Waals surface area contributed by atoms with Gasteiger partial charge < -0.3 is 5.32 Å². The summed E-state index contributed by atoms with van der Waals surface area (Å²) in [5.41, 5.74) is 1.02. The molecule has 0 radical (unpaired) electrons. The number of fused-ring (bicyclic) bond motifs is 1. The van der Waals surface area contributed by atoms with E-state index in [1.54, 1.807) is 43.5 Å². The summed E-state index contributed by atoms with van der Waals surface area (Å²) in [5, 5.41) is 3.34. The number of aryl methyl sites for hydroxylation is 1. The number of hydrogen-bond acceptors (Lipinski definition) is 4. The van der Waals surface area contributed by atoms with E-state index in [0.29, 0.717) is 28.2 Å². The second kappa shape index (κ2) is 6.12. The first kappa shape index (κ1) is 16.8. The van der Waals surface area contributed by atoms with Crippen LogP contribution in [-0.4, -0.2) is 20.4 Å². The van der Waals surface area contributed by atoms with Crippen LogP contribution in [0.25, 0.3) is 16.7 Å². The van der Waals surface area contributed by atoms with Crippen LogP contribution in [0.2, 0.25) is 0 Å². The molecule has 0 aliphatic heterocycles. The molecule has 0 fully saturated rings. The molecule has 128 valence electrons. The van der Waals surface area contributed by atoms with Gasteiger partial charge >= 0.3 is 0 Å². The fraction of sp³-hybridized carbons (Fsp3) is 0.263. The molecule has 1 N–H and O–H groups in total. The number of nitrogens with zero attached hydrogens (tertiary/aromatic N) is 3. The summed E-state index contributed by atoms with van der Waals surface area (Å²) in [4.78, 5) is 33.6. The van der Waals surface area contributed by atoms with Gasteiger partial charge in [0.05, 0.1) is 11.1 Å². The second-order valence-corrected chi connectivity index (χ2v) is 6.93. The number of rotatable bonds is 2. The van der Waals surface area contributed by atoms with Crippen molar-refractivity contribution in [1.82, 2.24) is 14.5 Å². The second-order valence-electron chi connectivity index (χ2n) is 6.93. The van der Waals surface area contributed by atoms with Crippen LogP contribution in [0.3, 0.4) is 0 Å². The van der Waals surface area contributed by atoms with E-state index in [1.165, 1.54) is 4.57 Å². The number of nitrogens with one attached hydrogen (secondary N) is 1. The van der Waals surface area contributed by atoms with Gasteiger partial charge in [0.15, 0.2) is 5.65 Å². The quantitative estimate of drug-likeness (QED) is 0.780. The fourth-order valence-corrected chi connectivity index (χ4v) is 2.47. The Morgan fingerprint density at radius 2 is 1.92 bits per heavy atom. The molecule has 6 heteroatoms. The molecule has 0 saturated carbocycles. The van der Waals surface area contributed by atoms with E-state index < -0.39 is 5.41 Å². The van der Waals surface area contributed by atoms with Crippen LogP contribution in [0.5, 0.6) is 0 Å². The lowest BCUT2D eigenvalue weighted by Gasteiger charge is -2.18. The van der Waals surface area contributed by atoms with Crippen molar-refractivity contribution in [2.45, 2.75) is 27.7 Å². The van der Waals surface area contributed by atoms with Crippen molar-refractivity contribution in [2.24, 2.45) is 5.41 Å². The largest absolute Gasteiger partial charge is 0.326 e. The van der Waals surface area contributed by atoms with Crippen molar-refractivity contribution in [3.63, 3.8) is 0 Å². The number of carbonyl (C=O) groups excluding carboxylic acids is 1. The van der Waals surface area contributed by atoms with Crippen LogP contribution in [0, 0.1) is 12.3 Å². The lowest BCUT2D eigenvalue weighted by Crippen LogP contribution is -2.28. The van der Waals surface area contributed by atoms with E-state index in [4.69, 9.17) is 0 Å². The first-order valence-corrected chi connectivity index (χ1v) is 8.03. The van der Waals surface area contributed by atoms with Crippen molar-refractivity contribution in [1.29, 1.82) is 0 Å². The number of pyridine rings is 1. The summed E-state index contributed by atoms with van der Waals surface area (Å²) in [6.07, 6.45) is 1.61. The van der Waals surface area contributed by atoms with Gasteiger partial charge in [-0.05, 0) is 37.3 Å². The third-order valence-corrected chi connectivity index (χ3v) is 3.85. The van der Waals surface area contributed by atoms with Gasteiger partial charge in [-0.15, -0.1) is 0 Å². The number of benzene rings is 1. The van der Waals surface area contributed by atoms with Crippen molar-refractivity contribution in [3.05, 3.63) is 58.8 Å². The standard InChI is InChI=1S/C19H20N4O2/c1-12-21-16-15(9-6-10-20-16)17(24)23(12)14-8-5-7-13(11-14)22-18(25)19(2,3)4/h5-11H,1-4H3,(H,22,25). The van der Waals surface area contributed by atoms with Gasteiger partial charge in [0.25, 0.3) is 5.56 Å². The summed E-state index contributed by atoms with van der Waals surface area (Å²) < 4.78 is 1.52. The predicted octanol–water partition coefficient (Wildman–Crippen LogP) is 3.07. The Labute approximate surface area is 145 Å². The maximum Gasteiger partial charge on any atom is 0.267 e. The molecule has 0 aliphatic rings. The van der Waals surface area contributed by atoms with Crippen molar-refractivity contribution < 1.29 is 4.79 Å². The molecule has 0 aliphatic carbocycles. The number of amides is 1. The van der Waals surface area contributed by atoms with Crippen LogP contribution in [0.4, 0.5) is 5.69 Å². The summed E-state index contributed by atoms with van der Waals surface area (Å²) >= 11 is 0. The number of anilines is 1. The molecule has 1 amide bonds. The van der Waals surface area contributed by atoms with E-state index in [9.17, 15) is 9.59 Å². The fourth-order valence-electron chi connectivity index (χ4n) is 2.47. The molecule has 0 spiro atoms. The minimum absolute atomic E-state index is 0.0884. The molecule has 0 saturated heterocycles. The third kappa shape index (κ3) is 3.28. The van der Waals surface area contributed by atoms with E-state index in [0.717, 1.165) is 0 Å². The van der Waals surface area contributed by atoms with Crippen LogP contribution in [0.1, 0.15) is 26.6 Å². The van der Waals surface area contributed by atoms with Crippen LogP contribution >= 0.6 is 0 Å². The molecule has 2 heterocycles. The molecular formula is C19H20N4O2. The number of carbonyl (C=O) groups is 1. The highest BCUT2D eigenvalue weighted by molar-refractivity contribution is 5.94. The summed E-state index contributed by atoms with van der Waals surface area (Å²) in [6.45, 7) is 7.30. The predicted molar refractivity (Wildman–Crippen MR) is 98.0 cm³/mol. The highest BCUT2D eigenvalue weighted by Gasteiger charge is 2.21. The van der Waals surface area contributed by atoms with Gasteiger partial charge in [0.2, 0.25) is 5.91 Å². The molecule has 3 aromatic rings. The molecule has 0 atom stereocenters. The minimum atomic E-state index is -0.501.